The first-order valence-electron chi connectivity index (χ1n) is 3.39. The van der Waals surface area contributed by atoms with Gasteiger partial charge in [-0.15, -0.1) is 0 Å². The van der Waals surface area contributed by atoms with Crippen molar-refractivity contribution in [2.75, 3.05) is 0 Å². The van der Waals surface area contributed by atoms with Crippen LogP contribution in [-0.2, 0) is 3.79 Å². The van der Waals surface area contributed by atoms with Crippen LogP contribution in [0.3, 0.4) is 0 Å². The lowest BCUT2D eigenvalue weighted by Crippen LogP contribution is -2.04. The molecule has 0 fully saturated rings. The maximum Gasteiger partial charge on any atom is 0.251 e. The Bertz CT molecular complexity index is 320. The maximum absolute atomic E-state index is 11.1. The van der Waals surface area contributed by atoms with Crippen molar-refractivity contribution in [2.24, 2.45) is 0 Å². The monoisotopic (exact) mass is 258 g/mol. The van der Waals surface area contributed by atoms with Crippen LogP contribution in [0.2, 0.25) is 0 Å². The van der Waals surface area contributed by atoms with Crippen molar-refractivity contribution in [3.8, 4) is 0 Å². The summed E-state index contributed by atoms with van der Waals surface area (Å²) < 4.78 is 2.12. The van der Waals surface area contributed by atoms with Crippen LogP contribution < -0.4 is 0 Å². The third-order valence-corrected chi connectivity index (χ3v) is 2.50. The van der Waals surface area contributed by atoms with Gasteiger partial charge in [-0.05, 0) is 11.5 Å². The number of carbonyl (C=O) groups excluding carboxylic acids is 1. The van der Waals surface area contributed by atoms with Crippen molar-refractivity contribution in [1.82, 2.24) is 9.36 Å². The van der Waals surface area contributed by atoms with E-state index in [4.69, 9.17) is 34.8 Å². The first-order valence-corrected chi connectivity index (χ1v) is 5.30. The van der Waals surface area contributed by atoms with Crippen LogP contribution in [0.5, 0.6) is 0 Å². The zero-order valence-electron chi connectivity index (χ0n) is 6.55. The van der Waals surface area contributed by atoms with Gasteiger partial charge in [-0.25, -0.2) is 4.98 Å². The van der Waals surface area contributed by atoms with E-state index in [2.05, 4.69) is 9.36 Å². The van der Waals surface area contributed by atoms with Crippen molar-refractivity contribution in [1.29, 1.82) is 0 Å². The lowest BCUT2D eigenvalue weighted by molar-refractivity contribution is 0.0987. The first kappa shape index (κ1) is 11.2. The van der Waals surface area contributed by atoms with E-state index in [0.717, 1.165) is 11.5 Å². The number of nitrogens with zero attached hydrogens (tertiary/aromatic N) is 2. The average molecular weight is 260 g/mol. The van der Waals surface area contributed by atoms with E-state index < -0.39 is 3.79 Å². The van der Waals surface area contributed by atoms with E-state index in [1.54, 1.807) is 6.92 Å². The Morgan fingerprint density at radius 2 is 2.15 bits per heavy atom. The molecule has 1 heterocycles. The van der Waals surface area contributed by atoms with Gasteiger partial charge in [0.25, 0.3) is 3.79 Å². The summed E-state index contributed by atoms with van der Waals surface area (Å²) in [6.07, 6.45) is 0.370. The highest BCUT2D eigenvalue weighted by atomic mass is 35.6. The third kappa shape index (κ3) is 2.77. The molecule has 72 valence electrons. The smallest absolute Gasteiger partial charge is 0.251 e. The summed E-state index contributed by atoms with van der Waals surface area (Å²) in [6, 6.07) is 0. The van der Waals surface area contributed by atoms with E-state index in [-0.39, 0.29) is 16.6 Å². The lowest BCUT2D eigenvalue weighted by atomic mass is 10.3. The molecule has 7 heteroatoms. The maximum atomic E-state index is 11.1. The molecule has 0 aromatic carbocycles. The second kappa shape index (κ2) is 4.09. The summed E-state index contributed by atoms with van der Waals surface area (Å²) in [5.41, 5.74) is 0. The zero-order valence-corrected chi connectivity index (χ0v) is 9.64. The number of rotatable bonds is 2. The second-order valence-corrected chi connectivity index (χ2v) is 5.23. The third-order valence-electron chi connectivity index (χ3n) is 1.24. The summed E-state index contributed by atoms with van der Waals surface area (Å²) in [5, 5.41) is 0.281. The van der Waals surface area contributed by atoms with Crippen LogP contribution in [-0.4, -0.2) is 15.1 Å². The van der Waals surface area contributed by atoms with E-state index in [1.807, 2.05) is 0 Å². The zero-order chi connectivity index (χ0) is 10.1. The molecule has 3 nitrogen and oxygen atoms in total. The number of halogens is 3. The number of carbonyl (C=O) groups is 1. The highest BCUT2D eigenvalue weighted by molar-refractivity contribution is 7.07. The Balaban J connectivity index is 2.93. The molecule has 0 saturated heterocycles. The molecule has 0 bridgehead atoms. The van der Waals surface area contributed by atoms with E-state index in [9.17, 15) is 4.79 Å². The van der Waals surface area contributed by atoms with Crippen LogP contribution in [0.4, 0.5) is 0 Å². The van der Waals surface area contributed by atoms with Crippen molar-refractivity contribution >= 4 is 52.1 Å². The number of hydrogen-bond donors (Lipinski definition) is 0. The minimum absolute atomic E-state index is 0.0549. The van der Waals surface area contributed by atoms with Crippen LogP contribution in [0, 0.1) is 0 Å². The van der Waals surface area contributed by atoms with E-state index in [1.165, 1.54) is 0 Å². The molecule has 0 aliphatic heterocycles. The van der Waals surface area contributed by atoms with Gasteiger partial charge in [-0.1, -0.05) is 41.7 Å². The molecular weight excluding hydrogens is 255 g/mol. The normalized spacial score (nSPS) is 11.7. The van der Waals surface area contributed by atoms with E-state index >= 15 is 0 Å². The molecule has 1 rings (SSSR count). The SMILES string of the molecule is CCC(=O)c1nc(C(Cl)(Cl)Cl)ns1. The van der Waals surface area contributed by atoms with Crippen LogP contribution in [0.1, 0.15) is 29.0 Å². The van der Waals surface area contributed by atoms with Gasteiger partial charge >= 0.3 is 0 Å². The van der Waals surface area contributed by atoms with Crippen molar-refractivity contribution in [2.45, 2.75) is 17.1 Å². The molecule has 0 N–H and O–H groups in total. The molecule has 0 saturated carbocycles. The Hall–Kier alpha value is 0.1000. The Kier molecular flexibility index (Phi) is 3.51. The van der Waals surface area contributed by atoms with Crippen molar-refractivity contribution in [3.63, 3.8) is 0 Å². The van der Waals surface area contributed by atoms with Crippen molar-refractivity contribution in [3.05, 3.63) is 10.8 Å². The van der Waals surface area contributed by atoms with Crippen molar-refractivity contribution < 1.29 is 4.79 Å². The summed E-state index contributed by atoms with van der Waals surface area (Å²) >= 11 is 17.5. The standard InChI is InChI=1S/C6H5Cl3N2OS/c1-2-3(12)4-10-5(11-13-4)6(7,8)9/h2H2,1H3. The van der Waals surface area contributed by atoms with Gasteiger partial charge in [0.2, 0.25) is 0 Å². The number of alkyl halides is 3. The van der Waals surface area contributed by atoms with Gasteiger partial charge in [-0.2, -0.15) is 4.37 Å². The van der Waals surface area contributed by atoms with E-state index in [0.29, 0.717) is 6.42 Å². The topological polar surface area (TPSA) is 42.9 Å². The number of hydrogen-bond acceptors (Lipinski definition) is 4. The minimum Gasteiger partial charge on any atom is -0.291 e. The van der Waals surface area contributed by atoms with Crippen LogP contribution in [0.25, 0.3) is 0 Å². The molecule has 0 radical (unpaired) electrons. The summed E-state index contributed by atoms with van der Waals surface area (Å²) in [4.78, 5) is 14.9. The number of Topliss-reactive ketones (excluding diaryl/α,β-unsaturated/α-hetero) is 1. The van der Waals surface area contributed by atoms with Gasteiger partial charge in [0.15, 0.2) is 16.6 Å². The Morgan fingerprint density at radius 3 is 2.54 bits per heavy atom. The fraction of sp³-hybridized carbons (Fsp3) is 0.500. The lowest BCUT2D eigenvalue weighted by Gasteiger charge is -2.02. The molecular formula is C6H5Cl3N2OS. The highest BCUT2D eigenvalue weighted by Crippen LogP contribution is 2.36. The molecule has 0 aliphatic carbocycles. The average Bonchev–Trinajstić information content (AvgIpc) is 2.50. The van der Waals surface area contributed by atoms with Gasteiger partial charge < -0.3 is 0 Å². The summed E-state index contributed by atoms with van der Waals surface area (Å²) in [5.74, 6) is -0.0442. The number of aromatic nitrogens is 2. The largest absolute Gasteiger partial charge is 0.291 e. The molecule has 0 atom stereocenters. The fourth-order valence-electron chi connectivity index (χ4n) is 0.603. The molecule has 0 unspecified atom stereocenters. The molecule has 13 heavy (non-hydrogen) atoms. The van der Waals surface area contributed by atoms with Gasteiger partial charge in [-0.3, -0.25) is 4.79 Å². The summed E-state index contributed by atoms with van der Waals surface area (Å²) in [6.45, 7) is 1.73. The minimum atomic E-state index is -1.65. The quantitative estimate of drug-likeness (QED) is 0.606. The van der Waals surface area contributed by atoms with Gasteiger partial charge in [0.1, 0.15) is 0 Å². The van der Waals surface area contributed by atoms with Crippen LogP contribution in [0.15, 0.2) is 0 Å². The molecule has 0 amide bonds. The first-order chi connectivity index (χ1) is 5.95. The molecule has 1 aromatic rings. The number of ketones is 1. The second-order valence-electron chi connectivity index (χ2n) is 2.20. The fourth-order valence-corrected chi connectivity index (χ4v) is 1.73. The van der Waals surface area contributed by atoms with Gasteiger partial charge in [0, 0.05) is 6.42 Å². The predicted molar refractivity (Wildman–Crippen MR) is 53.8 cm³/mol. The molecule has 0 aliphatic rings. The van der Waals surface area contributed by atoms with Gasteiger partial charge in [0.05, 0.1) is 0 Å². The highest BCUT2D eigenvalue weighted by Gasteiger charge is 2.29. The predicted octanol–water partition coefficient (Wildman–Crippen LogP) is 2.96. The molecule has 0 spiro atoms. The Labute approximate surface area is 94.2 Å². The van der Waals surface area contributed by atoms with Crippen LogP contribution >= 0.6 is 46.3 Å². The molecule has 1 aromatic heterocycles. The summed E-state index contributed by atoms with van der Waals surface area (Å²) in [7, 11) is 0. The Morgan fingerprint density at radius 1 is 1.54 bits per heavy atom.